The summed E-state index contributed by atoms with van der Waals surface area (Å²) in [5.74, 6) is 0.261. The summed E-state index contributed by atoms with van der Waals surface area (Å²) in [4.78, 5) is 12.5. The van der Waals surface area contributed by atoms with Crippen LogP contribution < -0.4 is 10.6 Å². The molecule has 1 heterocycles. The van der Waals surface area contributed by atoms with Crippen molar-refractivity contribution in [3.05, 3.63) is 71.8 Å². The Morgan fingerprint density at radius 1 is 1.09 bits per heavy atom. The molecule has 0 saturated carbocycles. The molecular formula is C19H23ClN2O. The zero-order chi connectivity index (χ0) is 15.2. The molecule has 3 nitrogen and oxygen atoms in total. The van der Waals surface area contributed by atoms with Gasteiger partial charge in [-0.1, -0.05) is 60.7 Å². The molecule has 2 aromatic rings. The Bertz CT molecular complexity index is 597. The molecule has 0 aliphatic carbocycles. The smallest absolute Gasteiger partial charge is 0.224 e. The van der Waals surface area contributed by atoms with Crippen LogP contribution in [0.2, 0.25) is 0 Å². The summed E-state index contributed by atoms with van der Waals surface area (Å²) in [6.45, 7) is 1.73. The van der Waals surface area contributed by atoms with Gasteiger partial charge < -0.3 is 10.6 Å². The van der Waals surface area contributed by atoms with Crippen molar-refractivity contribution in [2.75, 3.05) is 13.1 Å². The van der Waals surface area contributed by atoms with Gasteiger partial charge in [-0.05, 0) is 30.5 Å². The second-order valence-corrected chi connectivity index (χ2v) is 5.85. The topological polar surface area (TPSA) is 41.1 Å². The monoisotopic (exact) mass is 330 g/mol. The van der Waals surface area contributed by atoms with Crippen LogP contribution in [0.15, 0.2) is 60.7 Å². The summed E-state index contributed by atoms with van der Waals surface area (Å²) >= 11 is 0. The Balaban J connectivity index is 0.00000192. The molecule has 2 atom stereocenters. The Kier molecular flexibility index (Phi) is 6.63. The SMILES string of the molecule is Cl.O=C(NC(Cc1ccccc1)c1ccccc1)C1CCNC1. The van der Waals surface area contributed by atoms with E-state index >= 15 is 0 Å². The zero-order valence-electron chi connectivity index (χ0n) is 13.1. The van der Waals surface area contributed by atoms with E-state index in [-0.39, 0.29) is 30.3 Å². The number of halogens is 1. The highest BCUT2D eigenvalue weighted by Gasteiger charge is 2.25. The molecular weight excluding hydrogens is 308 g/mol. The number of benzene rings is 2. The lowest BCUT2D eigenvalue weighted by molar-refractivity contribution is -0.125. The summed E-state index contributed by atoms with van der Waals surface area (Å²) in [5.41, 5.74) is 2.40. The molecule has 0 bridgehead atoms. The number of hydrogen-bond acceptors (Lipinski definition) is 2. The Labute approximate surface area is 143 Å². The molecule has 2 unspecified atom stereocenters. The Hall–Kier alpha value is -1.84. The molecule has 23 heavy (non-hydrogen) atoms. The first-order valence-electron chi connectivity index (χ1n) is 7.93. The van der Waals surface area contributed by atoms with Crippen molar-refractivity contribution < 1.29 is 4.79 Å². The largest absolute Gasteiger partial charge is 0.349 e. The number of carbonyl (C=O) groups is 1. The van der Waals surface area contributed by atoms with Crippen LogP contribution in [0.3, 0.4) is 0 Å². The predicted octanol–water partition coefficient (Wildman–Crippen LogP) is 3.12. The summed E-state index contributed by atoms with van der Waals surface area (Å²) in [5, 5.41) is 6.50. The predicted molar refractivity (Wildman–Crippen MR) is 95.7 cm³/mol. The van der Waals surface area contributed by atoms with Gasteiger partial charge in [-0.15, -0.1) is 12.4 Å². The Morgan fingerprint density at radius 2 is 1.74 bits per heavy atom. The van der Waals surface area contributed by atoms with E-state index in [9.17, 15) is 4.79 Å². The molecule has 0 radical (unpaired) electrons. The van der Waals surface area contributed by atoms with Crippen molar-refractivity contribution in [3.8, 4) is 0 Å². The molecule has 1 aliphatic rings. The molecule has 1 amide bonds. The van der Waals surface area contributed by atoms with E-state index in [4.69, 9.17) is 0 Å². The summed E-state index contributed by atoms with van der Waals surface area (Å²) in [7, 11) is 0. The molecule has 1 fully saturated rings. The standard InChI is InChI=1S/C19H22N2O.ClH/c22-19(17-11-12-20-14-17)21-18(16-9-5-2-6-10-16)13-15-7-3-1-4-8-15;/h1-10,17-18,20H,11-14H2,(H,21,22);1H. The van der Waals surface area contributed by atoms with Gasteiger partial charge in [-0.25, -0.2) is 0 Å². The highest BCUT2D eigenvalue weighted by Crippen LogP contribution is 2.20. The number of amides is 1. The highest BCUT2D eigenvalue weighted by atomic mass is 35.5. The number of rotatable bonds is 5. The van der Waals surface area contributed by atoms with E-state index in [1.165, 1.54) is 5.56 Å². The number of hydrogen-bond donors (Lipinski definition) is 2. The number of nitrogens with one attached hydrogen (secondary N) is 2. The van der Waals surface area contributed by atoms with Crippen molar-refractivity contribution in [3.63, 3.8) is 0 Å². The minimum absolute atomic E-state index is 0. The lowest BCUT2D eigenvalue weighted by Crippen LogP contribution is -2.35. The van der Waals surface area contributed by atoms with Crippen LogP contribution in [0.1, 0.15) is 23.6 Å². The lowest BCUT2D eigenvalue weighted by atomic mass is 9.97. The van der Waals surface area contributed by atoms with E-state index in [0.29, 0.717) is 0 Å². The van der Waals surface area contributed by atoms with Crippen LogP contribution in [-0.4, -0.2) is 19.0 Å². The normalized spacial score (nSPS) is 18.0. The maximum atomic E-state index is 12.5. The third kappa shape index (κ3) is 4.81. The summed E-state index contributed by atoms with van der Waals surface area (Å²) < 4.78 is 0. The Morgan fingerprint density at radius 3 is 2.35 bits per heavy atom. The van der Waals surface area contributed by atoms with Gasteiger partial charge in [-0.2, -0.15) is 0 Å². The summed E-state index contributed by atoms with van der Waals surface area (Å²) in [6, 6.07) is 20.6. The van der Waals surface area contributed by atoms with Gasteiger partial charge in [0.05, 0.1) is 12.0 Å². The van der Waals surface area contributed by atoms with Gasteiger partial charge in [0.1, 0.15) is 0 Å². The first-order valence-corrected chi connectivity index (χ1v) is 7.93. The second kappa shape index (κ2) is 8.70. The van der Waals surface area contributed by atoms with Gasteiger partial charge in [0.2, 0.25) is 5.91 Å². The third-order valence-corrected chi connectivity index (χ3v) is 4.23. The van der Waals surface area contributed by atoms with E-state index in [1.54, 1.807) is 0 Å². The van der Waals surface area contributed by atoms with Gasteiger partial charge in [-0.3, -0.25) is 4.79 Å². The molecule has 0 spiro atoms. The van der Waals surface area contributed by atoms with Crippen LogP contribution in [0.25, 0.3) is 0 Å². The van der Waals surface area contributed by atoms with Crippen molar-refractivity contribution in [2.45, 2.75) is 18.9 Å². The number of carbonyl (C=O) groups excluding carboxylic acids is 1. The fraction of sp³-hybridized carbons (Fsp3) is 0.316. The van der Waals surface area contributed by atoms with E-state index in [2.05, 4.69) is 34.9 Å². The molecule has 1 saturated heterocycles. The van der Waals surface area contributed by atoms with Gasteiger partial charge in [0.25, 0.3) is 0 Å². The zero-order valence-corrected chi connectivity index (χ0v) is 13.9. The third-order valence-electron chi connectivity index (χ3n) is 4.23. The quantitative estimate of drug-likeness (QED) is 0.884. The van der Waals surface area contributed by atoms with Crippen molar-refractivity contribution in [1.29, 1.82) is 0 Å². The lowest BCUT2D eigenvalue weighted by Gasteiger charge is -2.21. The minimum Gasteiger partial charge on any atom is -0.349 e. The van der Waals surface area contributed by atoms with Crippen LogP contribution in [0.5, 0.6) is 0 Å². The highest BCUT2D eigenvalue weighted by molar-refractivity contribution is 5.85. The average Bonchev–Trinajstić information content (AvgIpc) is 3.11. The van der Waals surface area contributed by atoms with E-state index in [0.717, 1.165) is 31.5 Å². The maximum absolute atomic E-state index is 12.5. The second-order valence-electron chi connectivity index (χ2n) is 5.85. The van der Waals surface area contributed by atoms with Gasteiger partial charge in [0, 0.05) is 6.54 Å². The molecule has 4 heteroatoms. The van der Waals surface area contributed by atoms with Crippen LogP contribution >= 0.6 is 12.4 Å². The molecule has 1 aliphatic heterocycles. The van der Waals surface area contributed by atoms with Gasteiger partial charge >= 0.3 is 0 Å². The van der Waals surface area contributed by atoms with Crippen LogP contribution in [0, 0.1) is 5.92 Å². The van der Waals surface area contributed by atoms with Crippen molar-refractivity contribution in [1.82, 2.24) is 10.6 Å². The van der Waals surface area contributed by atoms with Crippen molar-refractivity contribution >= 4 is 18.3 Å². The average molecular weight is 331 g/mol. The van der Waals surface area contributed by atoms with Gasteiger partial charge in [0.15, 0.2) is 0 Å². The first kappa shape index (κ1) is 17.5. The maximum Gasteiger partial charge on any atom is 0.224 e. The minimum atomic E-state index is 0. The fourth-order valence-electron chi connectivity index (χ4n) is 2.96. The van der Waals surface area contributed by atoms with Crippen LogP contribution in [-0.2, 0) is 11.2 Å². The van der Waals surface area contributed by atoms with E-state index in [1.807, 2.05) is 36.4 Å². The molecule has 0 aromatic heterocycles. The van der Waals surface area contributed by atoms with Crippen molar-refractivity contribution in [2.24, 2.45) is 5.92 Å². The molecule has 3 rings (SSSR count). The molecule has 2 N–H and O–H groups in total. The summed E-state index contributed by atoms with van der Waals surface area (Å²) in [6.07, 6.45) is 1.75. The fourth-order valence-corrected chi connectivity index (χ4v) is 2.96. The molecule has 122 valence electrons. The first-order chi connectivity index (χ1) is 10.8. The van der Waals surface area contributed by atoms with Crippen LogP contribution in [0.4, 0.5) is 0 Å². The molecule has 2 aromatic carbocycles. The van der Waals surface area contributed by atoms with E-state index < -0.39 is 0 Å².